The van der Waals surface area contributed by atoms with Crippen molar-refractivity contribution in [2.75, 3.05) is 0 Å². The summed E-state index contributed by atoms with van der Waals surface area (Å²) in [6.07, 6.45) is 0.0501. The molecule has 0 saturated heterocycles. The minimum atomic E-state index is -0.501. The van der Waals surface area contributed by atoms with Gasteiger partial charge in [-0.3, -0.25) is 14.9 Å². The van der Waals surface area contributed by atoms with Crippen LogP contribution in [0.3, 0.4) is 0 Å². The number of Topliss-reactive ketones (excluding diaryl/α,β-unsaturated/α-hetero) is 1. The molecule has 0 bridgehead atoms. The predicted molar refractivity (Wildman–Crippen MR) is 61.7 cm³/mol. The highest BCUT2D eigenvalue weighted by atomic mass is 35.5. The van der Waals surface area contributed by atoms with Crippen molar-refractivity contribution in [3.63, 3.8) is 0 Å². The molecular weight excluding hydrogens is 230 g/mol. The Morgan fingerprint density at radius 2 is 2.12 bits per heavy atom. The Bertz CT molecular complexity index is 429. The highest BCUT2D eigenvalue weighted by molar-refractivity contribution is 6.30. The van der Waals surface area contributed by atoms with Crippen LogP contribution < -0.4 is 0 Å². The lowest BCUT2D eigenvalue weighted by atomic mass is 10.00. The maximum Gasteiger partial charge on any atom is 0.273 e. The molecule has 0 saturated carbocycles. The molecule has 1 aromatic carbocycles. The van der Waals surface area contributed by atoms with Crippen LogP contribution in [0.1, 0.15) is 19.4 Å². The third kappa shape index (κ3) is 3.03. The van der Waals surface area contributed by atoms with Gasteiger partial charge in [-0.1, -0.05) is 25.4 Å². The second kappa shape index (κ2) is 5.07. The van der Waals surface area contributed by atoms with E-state index in [0.717, 1.165) is 0 Å². The van der Waals surface area contributed by atoms with Crippen molar-refractivity contribution in [1.82, 2.24) is 0 Å². The fourth-order valence-corrected chi connectivity index (χ4v) is 1.46. The summed E-state index contributed by atoms with van der Waals surface area (Å²) in [6, 6.07) is 4.24. The van der Waals surface area contributed by atoms with E-state index in [1.807, 2.05) is 0 Å². The average molecular weight is 242 g/mol. The van der Waals surface area contributed by atoms with E-state index < -0.39 is 4.92 Å². The Hall–Kier alpha value is -1.42. The van der Waals surface area contributed by atoms with Gasteiger partial charge in [0.05, 0.1) is 4.92 Å². The summed E-state index contributed by atoms with van der Waals surface area (Å²) in [6.45, 7) is 3.53. The minimum absolute atomic E-state index is 0.0367. The molecule has 0 aliphatic rings. The van der Waals surface area contributed by atoms with Gasteiger partial charge in [-0.25, -0.2) is 0 Å². The van der Waals surface area contributed by atoms with E-state index in [1.165, 1.54) is 18.2 Å². The van der Waals surface area contributed by atoms with Crippen LogP contribution in [-0.4, -0.2) is 10.7 Å². The molecule has 0 fully saturated rings. The van der Waals surface area contributed by atoms with Crippen LogP contribution >= 0.6 is 11.6 Å². The second-order valence-corrected chi connectivity index (χ2v) is 4.26. The van der Waals surface area contributed by atoms with Crippen LogP contribution in [0.15, 0.2) is 18.2 Å². The third-order valence-electron chi connectivity index (χ3n) is 2.25. The van der Waals surface area contributed by atoms with E-state index >= 15 is 0 Å². The number of hydrogen-bond acceptors (Lipinski definition) is 3. The van der Waals surface area contributed by atoms with Crippen LogP contribution in [0, 0.1) is 16.0 Å². The van der Waals surface area contributed by atoms with Crippen LogP contribution in [-0.2, 0) is 11.2 Å². The zero-order valence-electron chi connectivity index (χ0n) is 9.07. The molecule has 0 aromatic heterocycles. The number of rotatable bonds is 4. The molecule has 1 aromatic rings. The standard InChI is InChI=1S/C11H12ClNO3/c1-7(2)11(14)6-8-5-9(12)3-4-10(8)13(15)16/h3-5,7H,6H2,1-2H3. The van der Waals surface area contributed by atoms with Crippen LogP contribution in [0.2, 0.25) is 5.02 Å². The van der Waals surface area contributed by atoms with Gasteiger partial charge < -0.3 is 0 Å². The summed E-state index contributed by atoms with van der Waals surface area (Å²) in [4.78, 5) is 21.8. The number of carbonyl (C=O) groups excluding carboxylic acids is 1. The minimum Gasteiger partial charge on any atom is -0.299 e. The predicted octanol–water partition coefficient (Wildman–Crippen LogP) is 3.02. The Kier molecular flexibility index (Phi) is 4.01. The lowest BCUT2D eigenvalue weighted by molar-refractivity contribution is -0.385. The fraction of sp³-hybridized carbons (Fsp3) is 0.364. The Morgan fingerprint density at radius 3 is 2.62 bits per heavy atom. The molecular formula is C11H12ClNO3. The molecule has 0 spiro atoms. The summed E-state index contributed by atoms with van der Waals surface area (Å²) in [5.41, 5.74) is 0.314. The number of nitro groups is 1. The number of benzene rings is 1. The van der Waals surface area contributed by atoms with Crippen LogP contribution in [0.5, 0.6) is 0 Å². The molecule has 0 N–H and O–H groups in total. The third-order valence-corrected chi connectivity index (χ3v) is 2.48. The van der Waals surface area contributed by atoms with Gasteiger partial charge in [0.15, 0.2) is 0 Å². The summed E-state index contributed by atoms with van der Waals surface area (Å²) in [5.74, 6) is -0.177. The van der Waals surface area contributed by atoms with Gasteiger partial charge in [-0.2, -0.15) is 0 Å². The molecule has 0 aliphatic heterocycles. The van der Waals surface area contributed by atoms with Crippen LogP contribution in [0.4, 0.5) is 5.69 Å². The van der Waals surface area contributed by atoms with E-state index in [2.05, 4.69) is 0 Å². The molecule has 86 valence electrons. The largest absolute Gasteiger partial charge is 0.299 e. The lowest BCUT2D eigenvalue weighted by Crippen LogP contribution is -2.11. The van der Waals surface area contributed by atoms with Gasteiger partial charge in [0.25, 0.3) is 5.69 Å². The first-order valence-corrected chi connectivity index (χ1v) is 5.25. The number of halogens is 1. The van der Waals surface area contributed by atoms with Crippen molar-refractivity contribution in [2.45, 2.75) is 20.3 Å². The molecule has 0 radical (unpaired) electrons. The van der Waals surface area contributed by atoms with Gasteiger partial charge >= 0.3 is 0 Å². The van der Waals surface area contributed by atoms with Gasteiger partial charge in [0.2, 0.25) is 0 Å². The molecule has 1 rings (SSSR count). The fourth-order valence-electron chi connectivity index (χ4n) is 1.27. The first-order valence-electron chi connectivity index (χ1n) is 4.87. The first kappa shape index (κ1) is 12.6. The highest BCUT2D eigenvalue weighted by Gasteiger charge is 2.18. The molecule has 0 heterocycles. The van der Waals surface area contributed by atoms with E-state index in [9.17, 15) is 14.9 Å². The van der Waals surface area contributed by atoms with Crippen molar-refractivity contribution >= 4 is 23.1 Å². The maximum absolute atomic E-state index is 11.5. The number of nitro benzene ring substituents is 1. The van der Waals surface area contributed by atoms with Crippen LogP contribution in [0.25, 0.3) is 0 Å². The molecule has 16 heavy (non-hydrogen) atoms. The number of nitrogens with zero attached hydrogens (tertiary/aromatic N) is 1. The molecule has 0 aliphatic carbocycles. The summed E-state index contributed by atoms with van der Waals surface area (Å²) in [5, 5.41) is 11.1. The number of carbonyl (C=O) groups is 1. The average Bonchev–Trinajstić information content (AvgIpc) is 2.16. The topological polar surface area (TPSA) is 60.2 Å². The second-order valence-electron chi connectivity index (χ2n) is 3.83. The van der Waals surface area contributed by atoms with E-state index in [-0.39, 0.29) is 23.8 Å². The number of ketones is 1. The quantitative estimate of drug-likeness (QED) is 0.601. The van der Waals surface area contributed by atoms with E-state index in [0.29, 0.717) is 10.6 Å². The van der Waals surface area contributed by atoms with E-state index in [4.69, 9.17) is 11.6 Å². The molecule has 0 unspecified atom stereocenters. The smallest absolute Gasteiger partial charge is 0.273 e. The Balaban J connectivity index is 3.06. The summed E-state index contributed by atoms with van der Waals surface area (Å²) < 4.78 is 0. The van der Waals surface area contributed by atoms with Crippen molar-refractivity contribution in [3.8, 4) is 0 Å². The molecule has 0 atom stereocenters. The molecule has 4 nitrogen and oxygen atoms in total. The number of hydrogen-bond donors (Lipinski definition) is 0. The zero-order chi connectivity index (χ0) is 12.3. The maximum atomic E-state index is 11.5. The normalized spacial score (nSPS) is 10.5. The van der Waals surface area contributed by atoms with Gasteiger partial charge in [-0.15, -0.1) is 0 Å². The van der Waals surface area contributed by atoms with Gasteiger partial charge in [-0.05, 0) is 12.1 Å². The monoisotopic (exact) mass is 241 g/mol. The van der Waals surface area contributed by atoms with Gasteiger partial charge in [0.1, 0.15) is 5.78 Å². The Morgan fingerprint density at radius 1 is 1.50 bits per heavy atom. The SMILES string of the molecule is CC(C)C(=O)Cc1cc(Cl)ccc1[N+](=O)[O-]. The first-order chi connectivity index (χ1) is 7.41. The van der Waals surface area contributed by atoms with Crippen molar-refractivity contribution < 1.29 is 9.72 Å². The Labute approximate surface area is 98.4 Å². The van der Waals surface area contributed by atoms with Crippen molar-refractivity contribution in [3.05, 3.63) is 38.9 Å². The highest BCUT2D eigenvalue weighted by Crippen LogP contribution is 2.23. The summed E-state index contributed by atoms with van der Waals surface area (Å²) >= 11 is 5.75. The summed E-state index contributed by atoms with van der Waals surface area (Å²) in [7, 11) is 0. The van der Waals surface area contributed by atoms with Crippen molar-refractivity contribution in [1.29, 1.82) is 0 Å². The molecule has 5 heteroatoms. The zero-order valence-corrected chi connectivity index (χ0v) is 9.82. The van der Waals surface area contributed by atoms with Crippen molar-refractivity contribution in [2.24, 2.45) is 5.92 Å². The van der Waals surface area contributed by atoms with Gasteiger partial charge in [0, 0.05) is 29.0 Å². The van der Waals surface area contributed by atoms with E-state index in [1.54, 1.807) is 13.8 Å². The molecule has 0 amide bonds. The lowest BCUT2D eigenvalue weighted by Gasteiger charge is -2.05.